The third-order valence-corrected chi connectivity index (χ3v) is 2.74. The third kappa shape index (κ3) is 2.84. The Morgan fingerprint density at radius 1 is 1.50 bits per heavy atom. The topological polar surface area (TPSA) is 77.5 Å². The largest absolute Gasteiger partial charge is 0.465 e. The van der Waals surface area contributed by atoms with E-state index in [1.807, 2.05) is 0 Å². The number of esters is 1. The minimum atomic E-state index is -0.454. The molecule has 1 N–H and O–H groups in total. The van der Waals surface area contributed by atoms with E-state index in [4.69, 9.17) is 4.74 Å². The fraction of sp³-hybridized carbons (Fsp3) is 0.417. The molecule has 0 aromatic carbocycles. The third-order valence-electron chi connectivity index (χ3n) is 2.74. The molecule has 1 unspecified atom stereocenters. The number of nitrogens with one attached hydrogen (secondary N) is 1. The number of carbonyl (C=O) groups excluding carboxylic acids is 2. The van der Waals surface area contributed by atoms with E-state index < -0.39 is 5.97 Å². The predicted octanol–water partition coefficient (Wildman–Crippen LogP) is 0.843. The zero-order valence-corrected chi connectivity index (χ0v) is 10.0. The van der Waals surface area contributed by atoms with Gasteiger partial charge in [-0.1, -0.05) is 0 Å². The van der Waals surface area contributed by atoms with Gasteiger partial charge in [-0.25, -0.2) is 9.78 Å². The van der Waals surface area contributed by atoms with E-state index in [1.54, 1.807) is 12.1 Å². The van der Waals surface area contributed by atoms with Crippen LogP contribution in [0.1, 0.15) is 16.8 Å². The number of methoxy groups -OCH3 is 1. The van der Waals surface area contributed by atoms with E-state index in [0.29, 0.717) is 24.6 Å². The van der Waals surface area contributed by atoms with Crippen LogP contribution < -0.4 is 5.32 Å². The van der Waals surface area contributed by atoms with Crippen LogP contribution in [0.15, 0.2) is 18.3 Å². The van der Waals surface area contributed by atoms with Crippen molar-refractivity contribution in [3.05, 3.63) is 23.9 Å². The standard InChI is InChI=1S/C12H14N2O4/c1-17-12(16)8-2-3-10(13-6-8)14-11(15)9-4-5-18-7-9/h2-3,6,9H,4-5,7H2,1H3,(H,13,14,15). The fourth-order valence-electron chi connectivity index (χ4n) is 1.68. The molecular formula is C12H14N2O4. The Morgan fingerprint density at radius 2 is 2.33 bits per heavy atom. The molecule has 1 amide bonds. The number of hydrogen-bond acceptors (Lipinski definition) is 5. The molecular weight excluding hydrogens is 236 g/mol. The van der Waals surface area contributed by atoms with Crippen LogP contribution in [0, 0.1) is 5.92 Å². The van der Waals surface area contributed by atoms with Crippen molar-refractivity contribution in [1.29, 1.82) is 0 Å². The van der Waals surface area contributed by atoms with Crippen LogP contribution in [-0.2, 0) is 14.3 Å². The van der Waals surface area contributed by atoms with Crippen LogP contribution >= 0.6 is 0 Å². The van der Waals surface area contributed by atoms with Gasteiger partial charge in [-0.05, 0) is 18.6 Å². The maximum atomic E-state index is 11.8. The van der Waals surface area contributed by atoms with Gasteiger partial charge in [-0.15, -0.1) is 0 Å². The molecule has 2 heterocycles. The Balaban J connectivity index is 1.97. The van der Waals surface area contributed by atoms with Crippen molar-refractivity contribution >= 4 is 17.7 Å². The SMILES string of the molecule is COC(=O)c1ccc(NC(=O)C2CCOC2)nc1. The highest BCUT2D eigenvalue weighted by atomic mass is 16.5. The van der Waals surface area contributed by atoms with Crippen molar-refractivity contribution in [2.24, 2.45) is 5.92 Å². The minimum absolute atomic E-state index is 0.106. The van der Waals surface area contributed by atoms with E-state index in [1.165, 1.54) is 13.3 Å². The first-order valence-corrected chi connectivity index (χ1v) is 5.63. The second-order valence-corrected chi connectivity index (χ2v) is 3.97. The average molecular weight is 250 g/mol. The van der Waals surface area contributed by atoms with Gasteiger partial charge < -0.3 is 14.8 Å². The highest BCUT2D eigenvalue weighted by Crippen LogP contribution is 2.15. The lowest BCUT2D eigenvalue weighted by Gasteiger charge is -2.08. The zero-order chi connectivity index (χ0) is 13.0. The van der Waals surface area contributed by atoms with Crippen molar-refractivity contribution < 1.29 is 19.1 Å². The summed E-state index contributed by atoms with van der Waals surface area (Å²) in [7, 11) is 1.30. The molecule has 1 fully saturated rings. The minimum Gasteiger partial charge on any atom is -0.465 e. The van der Waals surface area contributed by atoms with Crippen molar-refractivity contribution in [1.82, 2.24) is 4.98 Å². The number of anilines is 1. The van der Waals surface area contributed by atoms with Crippen LogP contribution in [0.3, 0.4) is 0 Å². The summed E-state index contributed by atoms with van der Waals surface area (Å²) in [6, 6.07) is 3.12. The smallest absolute Gasteiger partial charge is 0.339 e. The summed E-state index contributed by atoms with van der Waals surface area (Å²) in [4.78, 5) is 26.9. The summed E-state index contributed by atoms with van der Waals surface area (Å²) < 4.78 is 9.69. The average Bonchev–Trinajstić information content (AvgIpc) is 2.92. The lowest BCUT2D eigenvalue weighted by atomic mass is 10.1. The van der Waals surface area contributed by atoms with Gasteiger partial charge in [0, 0.05) is 12.8 Å². The molecule has 96 valence electrons. The van der Waals surface area contributed by atoms with Crippen LogP contribution in [0.2, 0.25) is 0 Å². The normalized spacial score (nSPS) is 18.4. The van der Waals surface area contributed by atoms with Gasteiger partial charge in [0.2, 0.25) is 5.91 Å². The van der Waals surface area contributed by atoms with E-state index in [-0.39, 0.29) is 11.8 Å². The molecule has 1 aromatic heterocycles. The Hall–Kier alpha value is -1.95. The lowest BCUT2D eigenvalue weighted by Crippen LogP contribution is -2.23. The van der Waals surface area contributed by atoms with E-state index in [9.17, 15) is 9.59 Å². The first-order chi connectivity index (χ1) is 8.70. The number of rotatable bonds is 3. The summed E-state index contributed by atoms with van der Waals surface area (Å²) in [6.45, 7) is 1.07. The highest BCUT2D eigenvalue weighted by Gasteiger charge is 2.23. The second-order valence-electron chi connectivity index (χ2n) is 3.97. The number of pyridine rings is 1. The molecule has 1 aliphatic rings. The first kappa shape index (κ1) is 12.5. The van der Waals surface area contributed by atoms with Crippen LogP contribution in [-0.4, -0.2) is 37.2 Å². The van der Waals surface area contributed by atoms with Gasteiger partial charge in [-0.3, -0.25) is 4.79 Å². The molecule has 6 nitrogen and oxygen atoms in total. The monoisotopic (exact) mass is 250 g/mol. The Labute approximate surface area is 104 Å². The number of ether oxygens (including phenoxy) is 2. The van der Waals surface area contributed by atoms with Crippen LogP contribution in [0.5, 0.6) is 0 Å². The van der Waals surface area contributed by atoms with Gasteiger partial charge in [0.1, 0.15) is 5.82 Å². The molecule has 1 atom stereocenters. The number of carbonyl (C=O) groups is 2. The molecule has 0 aliphatic carbocycles. The molecule has 0 spiro atoms. The molecule has 2 rings (SSSR count). The summed E-state index contributed by atoms with van der Waals surface area (Å²) in [5.41, 5.74) is 0.347. The lowest BCUT2D eigenvalue weighted by molar-refractivity contribution is -0.119. The first-order valence-electron chi connectivity index (χ1n) is 5.63. The number of amides is 1. The Bertz CT molecular complexity index is 438. The number of hydrogen-bond donors (Lipinski definition) is 1. The van der Waals surface area contributed by atoms with Crippen molar-refractivity contribution in [3.8, 4) is 0 Å². The molecule has 0 saturated carbocycles. The van der Waals surface area contributed by atoms with Gasteiger partial charge in [0.05, 0.1) is 25.2 Å². The molecule has 1 aliphatic heterocycles. The predicted molar refractivity (Wildman–Crippen MR) is 63.1 cm³/mol. The second kappa shape index (κ2) is 5.59. The van der Waals surface area contributed by atoms with E-state index >= 15 is 0 Å². The molecule has 6 heteroatoms. The maximum absolute atomic E-state index is 11.8. The molecule has 18 heavy (non-hydrogen) atoms. The van der Waals surface area contributed by atoms with Crippen LogP contribution in [0.25, 0.3) is 0 Å². The van der Waals surface area contributed by atoms with Gasteiger partial charge >= 0.3 is 5.97 Å². The molecule has 1 aromatic rings. The molecule has 0 bridgehead atoms. The quantitative estimate of drug-likeness (QED) is 0.804. The van der Waals surface area contributed by atoms with E-state index in [0.717, 1.165) is 6.42 Å². The van der Waals surface area contributed by atoms with Crippen molar-refractivity contribution in [3.63, 3.8) is 0 Å². The van der Waals surface area contributed by atoms with Crippen molar-refractivity contribution in [2.45, 2.75) is 6.42 Å². The van der Waals surface area contributed by atoms with Crippen molar-refractivity contribution in [2.75, 3.05) is 25.6 Å². The van der Waals surface area contributed by atoms with Gasteiger partial charge in [0.15, 0.2) is 0 Å². The Morgan fingerprint density at radius 3 is 2.89 bits per heavy atom. The van der Waals surface area contributed by atoms with Gasteiger partial charge in [0.25, 0.3) is 0 Å². The molecule has 1 saturated heterocycles. The zero-order valence-electron chi connectivity index (χ0n) is 10.0. The maximum Gasteiger partial charge on any atom is 0.339 e. The van der Waals surface area contributed by atoms with Gasteiger partial charge in [-0.2, -0.15) is 0 Å². The number of nitrogens with zero attached hydrogens (tertiary/aromatic N) is 1. The Kier molecular flexibility index (Phi) is 3.88. The van der Waals surface area contributed by atoms with Crippen LogP contribution in [0.4, 0.5) is 5.82 Å². The summed E-state index contributed by atoms with van der Waals surface area (Å²) in [5, 5.41) is 2.69. The summed E-state index contributed by atoms with van der Waals surface area (Å²) >= 11 is 0. The summed E-state index contributed by atoms with van der Waals surface area (Å²) in [5.74, 6) is -0.262. The van der Waals surface area contributed by atoms with E-state index in [2.05, 4.69) is 15.0 Å². The molecule has 0 radical (unpaired) electrons. The highest BCUT2D eigenvalue weighted by molar-refractivity contribution is 5.93. The summed E-state index contributed by atoms with van der Waals surface area (Å²) in [6.07, 6.45) is 2.10. The number of aromatic nitrogens is 1. The fourth-order valence-corrected chi connectivity index (χ4v) is 1.68.